The van der Waals surface area contributed by atoms with Crippen molar-refractivity contribution in [1.82, 2.24) is 4.90 Å². The number of amides is 1. The normalized spacial score (nSPS) is 25.3. The third kappa shape index (κ3) is 3.25. The molecule has 3 atom stereocenters. The van der Waals surface area contributed by atoms with Crippen LogP contribution in [0, 0.1) is 5.41 Å². The van der Waals surface area contributed by atoms with Gasteiger partial charge in [-0.2, -0.15) is 0 Å². The summed E-state index contributed by atoms with van der Waals surface area (Å²) in [5, 5.41) is 0.601. The Bertz CT molecular complexity index is 1220. The average molecular weight is 444 g/mol. The molecule has 1 amide bonds. The van der Waals surface area contributed by atoms with Crippen molar-refractivity contribution >= 4 is 32.3 Å². The van der Waals surface area contributed by atoms with Crippen LogP contribution in [0.4, 0.5) is 0 Å². The third-order valence-electron chi connectivity index (χ3n) is 5.71. The van der Waals surface area contributed by atoms with Crippen molar-refractivity contribution in [2.24, 2.45) is 5.41 Å². The standard InChI is InChI=1S/C23H25NO6S/c1-13-17(19(25)23(2,3)4)24-20(26)18(29-5)21(24)31(27,28)22(13)30-16-11-10-14-8-6-7-9-15(14)12-16/h6-12,18,21-22H,1-5H3/t18-,21+,22?/m0/s1. The van der Waals surface area contributed by atoms with E-state index in [1.807, 2.05) is 30.3 Å². The number of rotatable bonds is 4. The molecule has 0 saturated carbocycles. The van der Waals surface area contributed by atoms with Gasteiger partial charge in [0.15, 0.2) is 17.3 Å². The molecule has 2 aromatic carbocycles. The van der Waals surface area contributed by atoms with Gasteiger partial charge < -0.3 is 9.47 Å². The van der Waals surface area contributed by atoms with Crippen LogP contribution in [-0.2, 0) is 24.2 Å². The summed E-state index contributed by atoms with van der Waals surface area (Å²) in [4.78, 5) is 26.9. The summed E-state index contributed by atoms with van der Waals surface area (Å²) < 4.78 is 38.0. The summed E-state index contributed by atoms with van der Waals surface area (Å²) in [6, 6.07) is 13.0. The molecule has 1 fully saturated rings. The van der Waals surface area contributed by atoms with Crippen LogP contribution in [0.15, 0.2) is 53.7 Å². The van der Waals surface area contributed by atoms with E-state index in [-0.39, 0.29) is 17.1 Å². The van der Waals surface area contributed by atoms with Gasteiger partial charge in [0.1, 0.15) is 5.75 Å². The van der Waals surface area contributed by atoms with E-state index in [0.29, 0.717) is 5.75 Å². The number of fused-ring (bicyclic) bond motifs is 2. The fourth-order valence-corrected chi connectivity index (χ4v) is 6.23. The first-order valence-corrected chi connectivity index (χ1v) is 11.6. The number of methoxy groups -OCH3 is 1. The van der Waals surface area contributed by atoms with Crippen molar-refractivity contribution in [3.8, 4) is 5.75 Å². The van der Waals surface area contributed by atoms with Gasteiger partial charge in [0, 0.05) is 18.1 Å². The van der Waals surface area contributed by atoms with Gasteiger partial charge in [-0.3, -0.25) is 14.5 Å². The van der Waals surface area contributed by atoms with Crippen LogP contribution in [0.2, 0.25) is 0 Å². The van der Waals surface area contributed by atoms with Crippen molar-refractivity contribution < 1.29 is 27.5 Å². The highest BCUT2D eigenvalue weighted by molar-refractivity contribution is 7.93. The highest BCUT2D eigenvalue weighted by Crippen LogP contribution is 2.43. The zero-order chi connectivity index (χ0) is 22.7. The largest absolute Gasteiger partial charge is 0.470 e. The Kier molecular flexibility index (Phi) is 4.98. The van der Waals surface area contributed by atoms with Gasteiger partial charge in [0.05, 0.1) is 5.70 Å². The average Bonchev–Trinajstić information content (AvgIpc) is 2.71. The fraction of sp³-hybridized carbons (Fsp3) is 0.391. The van der Waals surface area contributed by atoms with E-state index in [0.717, 1.165) is 15.7 Å². The van der Waals surface area contributed by atoms with Crippen molar-refractivity contribution in [3.63, 3.8) is 0 Å². The quantitative estimate of drug-likeness (QED) is 0.675. The van der Waals surface area contributed by atoms with Crippen LogP contribution in [-0.4, -0.2) is 49.0 Å². The molecule has 31 heavy (non-hydrogen) atoms. The first-order chi connectivity index (χ1) is 14.5. The Labute approximate surface area is 181 Å². The van der Waals surface area contributed by atoms with E-state index in [1.54, 1.807) is 32.9 Å². The lowest BCUT2D eigenvalue weighted by atomic mass is 9.85. The van der Waals surface area contributed by atoms with Crippen LogP contribution < -0.4 is 4.74 Å². The minimum atomic E-state index is -4.02. The summed E-state index contributed by atoms with van der Waals surface area (Å²) in [6.07, 6.45) is -1.16. The molecule has 164 valence electrons. The van der Waals surface area contributed by atoms with Gasteiger partial charge in [-0.25, -0.2) is 8.42 Å². The zero-order valence-electron chi connectivity index (χ0n) is 18.1. The lowest BCUT2D eigenvalue weighted by Crippen LogP contribution is -2.72. The smallest absolute Gasteiger partial charge is 0.260 e. The molecule has 2 aliphatic rings. The second kappa shape index (κ2) is 7.17. The first-order valence-electron chi connectivity index (χ1n) is 9.98. The summed E-state index contributed by atoms with van der Waals surface area (Å²) in [7, 11) is -2.74. The molecular formula is C23H25NO6S. The highest BCUT2D eigenvalue weighted by Gasteiger charge is 2.64. The van der Waals surface area contributed by atoms with E-state index in [1.165, 1.54) is 14.0 Å². The molecule has 1 saturated heterocycles. The number of hydrogen-bond donors (Lipinski definition) is 0. The molecule has 0 N–H and O–H groups in total. The van der Waals surface area contributed by atoms with Crippen LogP contribution in [0.25, 0.3) is 10.8 Å². The van der Waals surface area contributed by atoms with Crippen molar-refractivity contribution in [2.45, 2.75) is 44.6 Å². The van der Waals surface area contributed by atoms with Crippen molar-refractivity contribution in [2.75, 3.05) is 7.11 Å². The van der Waals surface area contributed by atoms with E-state index >= 15 is 0 Å². The predicted octanol–water partition coefficient (Wildman–Crippen LogP) is 3.05. The Morgan fingerprint density at radius 3 is 2.32 bits per heavy atom. The molecule has 0 bridgehead atoms. The number of carbonyl (C=O) groups is 2. The second-order valence-corrected chi connectivity index (χ2v) is 11.0. The summed E-state index contributed by atoms with van der Waals surface area (Å²) in [5.74, 6) is -0.491. The number of ether oxygens (including phenoxy) is 2. The Morgan fingerprint density at radius 1 is 1.06 bits per heavy atom. The summed E-state index contributed by atoms with van der Waals surface area (Å²) in [5.41, 5.74) is -1.93. The molecule has 2 aromatic rings. The molecule has 0 aromatic heterocycles. The number of allylic oxidation sites excluding steroid dienone is 1. The SMILES string of the molecule is CO[C@H]1C(=O)N2C(C(=O)C(C)(C)C)=C(C)C(Oc3ccc4ccccc4c3)S(=O)(=O)[C@H]12. The van der Waals surface area contributed by atoms with Crippen molar-refractivity contribution in [1.29, 1.82) is 0 Å². The van der Waals surface area contributed by atoms with Gasteiger partial charge >= 0.3 is 0 Å². The second-order valence-electron chi connectivity index (χ2n) is 8.91. The zero-order valence-corrected chi connectivity index (χ0v) is 18.9. The maximum atomic E-state index is 13.4. The van der Waals surface area contributed by atoms with Gasteiger partial charge in [-0.15, -0.1) is 0 Å². The molecule has 2 heterocycles. The number of nitrogens with zero attached hydrogens (tertiary/aromatic N) is 1. The molecule has 4 rings (SSSR count). The van der Waals surface area contributed by atoms with Crippen LogP contribution in [0.5, 0.6) is 5.75 Å². The fourth-order valence-electron chi connectivity index (χ4n) is 4.05. The van der Waals surface area contributed by atoms with Crippen LogP contribution in [0.1, 0.15) is 27.7 Å². The van der Waals surface area contributed by atoms with Gasteiger partial charge in [0.25, 0.3) is 5.91 Å². The minimum absolute atomic E-state index is 0.0800. The Morgan fingerprint density at radius 2 is 1.71 bits per heavy atom. The van der Waals surface area contributed by atoms with E-state index in [4.69, 9.17) is 9.47 Å². The van der Waals surface area contributed by atoms with Gasteiger partial charge in [0.2, 0.25) is 15.3 Å². The molecule has 8 heteroatoms. The molecular weight excluding hydrogens is 418 g/mol. The monoisotopic (exact) mass is 443 g/mol. The van der Waals surface area contributed by atoms with Gasteiger partial charge in [-0.1, -0.05) is 51.1 Å². The molecule has 0 spiro atoms. The Balaban J connectivity index is 1.84. The summed E-state index contributed by atoms with van der Waals surface area (Å²) in [6.45, 7) is 6.72. The predicted molar refractivity (Wildman–Crippen MR) is 116 cm³/mol. The van der Waals surface area contributed by atoms with Crippen LogP contribution in [0.3, 0.4) is 0 Å². The Hall–Kier alpha value is -2.71. The number of ketones is 1. The number of β-lactam (4-membered cyclic amide) rings is 1. The topological polar surface area (TPSA) is 90.0 Å². The number of sulfone groups is 1. The molecule has 2 aliphatic heterocycles. The maximum absolute atomic E-state index is 13.4. The van der Waals surface area contributed by atoms with Crippen LogP contribution >= 0.6 is 0 Å². The number of hydrogen-bond acceptors (Lipinski definition) is 6. The van der Waals surface area contributed by atoms with Gasteiger partial charge in [-0.05, 0) is 29.8 Å². The molecule has 0 aliphatic carbocycles. The molecule has 0 radical (unpaired) electrons. The number of Topliss-reactive ketones (excluding diaryl/α,β-unsaturated/α-hetero) is 1. The molecule has 7 nitrogen and oxygen atoms in total. The maximum Gasteiger partial charge on any atom is 0.260 e. The first kappa shape index (κ1) is 21.5. The van der Waals surface area contributed by atoms with E-state index in [2.05, 4.69) is 0 Å². The summed E-state index contributed by atoms with van der Waals surface area (Å²) >= 11 is 0. The minimum Gasteiger partial charge on any atom is -0.470 e. The lowest BCUT2D eigenvalue weighted by Gasteiger charge is -2.51. The van der Waals surface area contributed by atoms with Crippen molar-refractivity contribution in [3.05, 3.63) is 53.7 Å². The number of benzene rings is 2. The van der Waals surface area contributed by atoms with E-state index < -0.39 is 38.1 Å². The molecule has 1 unspecified atom stereocenters. The highest BCUT2D eigenvalue weighted by atomic mass is 32.2. The lowest BCUT2D eigenvalue weighted by molar-refractivity contribution is -0.161. The number of carbonyl (C=O) groups excluding carboxylic acids is 2. The van der Waals surface area contributed by atoms with E-state index in [9.17, 15) is 18.0 Å². The third-order valence-corrected chi connectivity index (χ3v) is 7.89.